The van der Waals surface area contributed by atoms with Gasteiger partial charge in [-0.15, -0.1) is 0 Å². The number of nitrogens with two attached hydrogens (primary N) is 1. The summed E-state index contributed by atoms with van der Waals surface area (Å²) in [6.45, 7) is 2.17. The van der Waals surface area contributed by atoms with E-state index in [9.17, 15) is 38.7 Å². The number of hydrogen-bond donors (Lipinski definition) is 8. The van der Waals surface area contributed by atoms with Crippen LogP contribution in [-0.4, -0.2) is 75.8 Å². The molecular formula is C43H54N8O8. The first-order chi connectivity index (χ1) is 28.3. The van der Waals surface area contributed by atoms with Crippen LogP contribution in [0, 0.1) is 6.92 Å². The number of aryl methyl sites for hydroxylation is 1. The molecule has 1 unspecified atom stereocenters. The number of anilines is 2. The van der Waals surface area contributed by atoms with Crippen LogP contribution in [0.25, 0.3) is 6.08 Å². The molecule has 7 amide bonds. The van der Waals surface area contributed by atoms with Gasteiger partial charge in [-0.2, -0.15) is 0 Å². The van der Waals surface area contributed by atoms with Gasteiger partial charge >= 0.3 is 12.0 Å². The number of carbonyl (C=O) groups excluding carboxylic acids is 6. The van der Waals surface area contributed by atoms with Crippen molar-refractivity contribution in [3.8, 4) is 0 Å². The highest BCUT2D eigenvalue weighted by Crippen LogP contribution is 2.28. The van der Waals surface area contributed by atoms with Crippen molar-refractivity contribution in [2.45, 2.75) is 102 Å². The highest BCUT2D eigenvalue weighted by Gasteiger charge is 2.41. The van der Waals surface area contributed by atoms with Gasteiger partial charge in [0.05, 0.1) is 6.42 Å². The summed E-state index contributed by atoms with van der Waals surface area (Å²) in [5.74, 6) is -3.90. The molecule has 16 heteroatoms. The maximum absolute atomic E-state index is 13.9. The first-order valence-corrected chi connectivity index (χ1v) is 19.9. The van der Waals surface area contributed by atoms with Gasteiger partial charge in [0.1, 0.15) is 17.6 Å². The van der Waals surface area contributed by atoms with Gasteiger partial charge in [0.25, 0.3) is 0 Å². The van der Waals surface area contributed by atoms with E-state index in [2.05, 4.69) is 36.9 Å². The summed E-state index contributed by atoms with van der Waals surface area (Å²) in [5.41, 5.74) is 7.89. The number of nitrogens with zero attached hydrogens (tertiary/aromatic N) is 1. The van der Waals surface area contributed by atoms with Gasteiger partial charge in [-0.05, 0) is 98.9 Å². The van der Waals surface area contributed by atoms with Crippen LogP contribution < -0.4 is 37.6 Å². The van der Waals surface area contributed by atoms with Gasteiger partial charge in [-0.25, -0.2) is 4.79 Å². The maximum atomic E-state index is 13.9. The number of hydrogen-bond acceptors (Lipinski definition) is 8. The smallest absolute Gasteiger partial charge is 0.323 e. The zero-order valence-electron chi connectivity index (χ0n) is 33.3. The van der Waals surface area contributed by atoms with Crippen molar-refractivity contribution in [2.24, 2.45) is 5.73 Å². The van der Waals surface area contributed by atoms with E-state index >= 15 is 0 Å². The number of carbonyl (C=O) groups is 7. The van der Waals surface area contributed by atoms with Crippen LogP contribution in [0.15, 0.2) is 79.1 Å². The fraction of sp³-hybridized carbons (Fsp3) is 0.395. The van der Waals surface area contributed by atoms with Crippen LogP contribution in [0.3, 0.4) is 0 Å². The first-order valence-electron chi connectivity index (χ1n) is 19.9. The van der Waals surface area contributed by atoms with Crippen LogP contribution in [0.4, 0.5) is 16.2 Å². The molecule has 1 aliphatic carbocycles. The lowest BCUT2D eigenvalue weighted by molar-refractivity contribution is -0.138. The minimum absolute atomic E-state index is 0.0403. The Morgan fingerprint density at radius 1 is 0.831 bits per heavy atom. The molecule has 1 aliphatic rings. The Balaban J connectivity index is 1.41. The number of urea groups is 1. The molecule has 0 bridgehead atoms. The Morgan fingerprint density at radius 3 is 2.22 bits per heavy atom. The van der Waals surface area contributed by atoms with Crippen LogP contribution in [-0.2, 0) is 35.2 Å². The van der Waals surface area contributed by atoms with Crippen molar-refractivity contribution in [3.05, 3.63) is 95.8 Å². The molecule has 1 aromatic heterocycles. The van der Waals surface area contributed by atoms with E-state index in [1.165, 1.54) is 6.08 Å². The molecule has 0 saturated heterocycles. The van der Waals surface area contributed by atoms with Gasteiger partial charge in [-0.1, -0.05) is 55.7 Å². The molecule has 3 aromatic rings. The number of aromatic nitrogens is 1. The van der Waals surface area contributed by atoms with E-state index in [0.717, 1.165) is 17.5 Å². The minimum Gasteiger partial charge on any atom is -0.481 e. The van der Waals surface area contributed by atoms with E-state index in [1.807, 2.05) is 31.2 Å². The number of amides is 7. The molecule has 1 fully saturated rings. The van der Waals surface area contributed by atoms with E-state index < -0.39 is 53.3 Å². The molecule has 1 saturated carbocycles. The second kappa shape index (κ2) is 23.0. The predicted octanol–water partition coefficient (Wildman–Crippen LogP) is 4.11. The van der Waals surface area contributed by atoms with Crippen molar-refractivity contribution < 1.29 is 38.7 Å². The average Bonchev–Trinajstić information content (AvgIpc) is 3.21. The summed E-state index contributed by atoms with van der Waals surface area (Å²) in [6, 6.07) is 14.8. The van der Waals surface area contributed by atoms with Crippen LogP contribution in [0.2, 0.25) is 0 Å². The molecule has 2 atom stereocenters. The van der Waals surface area contributed by atoms with E-state index in [1.54, 1.807) is 54.9 Å². The highest BCUT2D eigenvalue weighted by molar-refractivity contribution is 6.00. The number of pyridine rings is 1. The summed E-state index contributed by atoms with van der Waals surface area (Å²) in [5, 5.41) is 25.8. The molecule has 16 nitrogen and oxygen atoms in total. The minimum atomic E-state index is -1.29. The predicted molar refractivity (Wildman–Crippen MR) is 223 cm³/mol. The van der Waals surface area contributed by atoms with Crippen molar-refractivity contribution in [2.75, 3.05) is 17.2 Å². The van der Waals surface area contributed by atoms with Crippen molar-refractivity contribution in [1.29, 1.82) is 0 Å². The monoisotopic (exact) mass is 810 g/mol. The normalized spacial score (nSPS) is 14.3. The summed E-state index contributed by atoms with van der Waals surface area (Å²) < 4.78 is 0. The van der Waals surface area contributed by atoms with Gasteiger partial charge < -0.3 is 42.7 Å². The van der Waals surface area contributed by atoms with Gasteiger partial charge in [0, 0.05) is 42.8 Å². The standard InChI is InChI=1S/C43H54N8O8/c1-29-11-3-4-13-33(29)50-42(59)47-32-20-17-30(18-21-32)27-37(53)48-34(14-5-8-26-46-36(52)22-19-31-12-10-25-45-28-31)39(56)49-35(15-9-16-38(54)55)40(57)51-43(41(44)58)23-6-2-7-24-43/h3-4,10-13,17-22,25,28,34-35H,2,5-9,14-16,23-24,26-27H2,1H3,(H2,44,58)(H,46,52)(H,48,53)(H,49,56)(H,51,57)(H,54,55)(H2,47,50,59)/b22-19+/t34-,35?/m0/s1. The van der Waals surface area contributed by atoms with Gasteiger partial charge in [-0.3, -0.25) is 33.8 Å². The molecular weight excluding hydrogens is 757 g/mol. The fourth-order valence-electron chi connectivity index (χ4n) is 6.70. The maximum Gasteiger partial charge on any atom is 0.323 e. The largest absolute Gasteiger partial charge is 0.481 e. The second-order valence-corrected chi connectivity index (χ2v) is 14.6. The number of rotatable bonds is 21. The van der Waals surface area contributed by atoms with Crippen LogP contribution in [0.5, 0.6) is 0 Å². The first kappa shape index (κ1) is 45.1. The Bertz CT molecular complexity index is 1950. The third kappa shape index (κ3) is 15.4. The Morgan fingerprint density at radius 2 is 1.54 bits per heavy atom. The zero-order chi connectivity index (χ0) is 42.6. The molecule has 0 spiro atoms. The molecule has 0 radical (unpaired) electrons. The quantitative estimate of drug-likeness (QED) is 0.0569. The van der Waals surface area contributed by atoms with Gasteiger partial charge in [0.2, 0.25) is 29.5 Å². The third-order valence-corrected chi connectivity index (χ3v) is 10.0. The number of aliphatic carboxylic acids is 1. The molecule has 1 heterocycles. The van der Waals surface area contributed by atoms with Crippen LogP contribution >= 0.6 is 0 Å². The highest BCUT2D eigenvalue weighted by atomic mass is 16.4. The number of primary amides is 1. The van der Waals surface area contributed by atoms with Crippen molar-refractivity contribution >= 4 is 59.0 Å². The van der Waals surface area contributed by atoms with E-state index in [0.29, 0.717) is 55.5 Å². The Kier molecular flexibility index (Phi) is 17.6. The number of carboxylic acids is 1. The lowest BCUT2D eigenvalue weighted by Crippen LogP contribution is -2.62. The molecule has 59 heavy (non-hydrogen) atoms. The molecule has 4 rings (SSSR count). The molecule has 0 aliphatic heterocycles. The molecule has 314 valence electrons. The van der Waals surface area contributed by atoms with Crippen LogP contribution in [0.1, 0.15) is 87.3 Å². The average molecular weight is 811 g/mol. The number of para-hydroxylation sites is 1. The summed E-state index contributed by atoms with van der Waals surface area (Å²) in [7, 11) is 0. The Hall–Kier alpha value is -6.58. The summed E-state index contributed by atoms with van der Waals surface area (Å²) in [6.07, 6.45) is 9.85. The Labute approximate surface area is 343 Å². The molecule has 2 aromatic carbocycles. The van der Waals surface area contributed by atoms with Crippen molar-refractivity contribution in [1.82, 2.24) is 26.3 Å². The summed E-state index contributed by atoms with van der Waals surface area (Å²) >= 11 is 0. The second-order valence-electron chi connectivity index (χ2n) is 14.6. The lowest BCUT2D eigenvalue weighted by atomic mass is 9.80. The topological polar surface area (TPSA) is 251 Å². The third-order valence-electron chi connectivity index (χ3n) is 10.0. The summed E-state index contributed by atoms with van der Waals surface area (Å²) in [4.78, 5) is 93.8. The van der Waals surface area contributed by atoms with Crippen molar-refractivity contribution in [3.63, 3.8) is 0 Å². The fourth-order valence-corrected chi connectivity index (χ4v) is 6.70. The number of benzene rings is 2. The molecule has 9 N–H and O–H groups in total. The zero-order valence-corrected chi connectivity index (χ0v) is 33.3. The SMILES string of the molecule is Cc1ccccc1NC(=O)Nc1ccc(CC(=O)N[C@@H](CCCCNC(=O)/C=C/c2cccnc2)C(=O)NC(CCCC(=O)O)C(=O)NC2(C(N)=O)CCCCC2)cc1. The number of carboxylic acid groups (broad SMARTS) is 1. The number of unbranched alkanes of at least 4 members (excludes halogenated alkanes) is 1. The van der Waals surface area contributed by atoms with Gasteiger partial charge in [0.15, 0.2) is 0 Å². The van der Waals surface area contributed by atoms with E-state index in [4.69, 9.17) is 5.73 Å². The van der Waals surface area contributed by atoms with E-state index in [-0.39, 0.29) is 44.6 Å². The lowest BCUT2D eigenvalue weighted by Gasteiger charge is -2.36. The number of nitrogens with one attached hydrogen (secondary N) is 6.